The summed E-state index contributed by atoms with van der Waals surface area (Å²) in [6, 6.07) is 8.25. The summed E-state index contributed by atoms with van der Waals surface area (Å²) in [5.41, 5.74) is 3.38. The Morgan fingerprint density at radius 3 is 2.55 bits per heavy atom. The number of nitrogens with one attached hydrogen (secondary N) is 1. The molecule has 22 heavy (non-hydrogen) atoms. The number of pyridine rings is 1. The van der Waals surface area contributed by atoms with E-state index in [4.69, 9.17) is 14.5 Å². The molecule has 1 aromatic heterocycles. The zero-order chi connectivity index (χ0) is 16.2. The van der Waals surface area contributed by atoms with Gasteiger partial charge >= 0.3 is 0 Å². The fourth-order valence-electron chi connectivity index (χ4n) is 2.33. The first-order valence-corrected chi connectivity index (χ1v) is 7.63. The molecule has 4 nitrogen and oxygen atoms in total. The molecule has 0 spiro atoms. The molecule has 0 bridgehead atoms. The molecule has 1 aromatic carbocycles. The van der Waals surface area contributed by atoms with Gasteiger partial charge in [0, 0.05) is 36.7 Å². The summed E-state index contributed by atoms with van der Waals surface area (Å²) in [6.07, 6.45) is 0. The molecule has 0 unspecified atom stereocenters. The highest BCUT2D eigenvalue weighted by Crippen LogP contribution is 2.28. The van der Waals surface area contributed by atoms with Crippen molar-refractivity contribution < 1.29 is 9.47 Å². The van der Waals surface area contributed by atoms with Gasteiger partial charge in [-0.2, -0.15) is 0 Å². The highest BCUT2D eigenvalue weighted by molar-refractivity contribution is 5.84. The van der Waals surface area contributed by atoms with Gasteiger partial charge < -0.3 is 14.8 Å². The van der Waals surface area contributed by atoms with Gasteiger partial charge in [0.2, 0.25) is 0 Å². The van der Waals surface area contributed by atoms with Gasteiger partial charge in [0.25, 0.3) is 0 Å². The van der Waals surface area contributed by atoms with E-state index in [2.05, 4.69) is 38.2 Å². The van der Waals surface area contributed by atoms with E-state index in [0.29, 0.717) is 6.61 Å². The molecule has 0 aliphatic heterocycles. The van der Waals surface area contributed by atoms with Crippen molar-refractivity contribution in [1.82, 2.24) is 10.3 Å². The van der Waals surface area contributed by atoms with E-state index >= 15 is 0 Å². The van der Waals surface area contributed by atoms with Gasteiger partial charge in [0.05, 0.1) is 19.2 Å². The lowest BCUT2D eigenvalue weighted by Crippen LogP contribution is -2.20. The second-order valence-corrected chi connectivity index (χ2v) is 6.47. The van der Waals surface area contributed by atoms with E-state index in [1.54, 1.807) is 14.2 Å². The molecule has 2 aromatic rings. The van der Waals surface area contributed by atoms with Crippen LogP contribution in [-0.4, -0.2) is 32.4 Å². The minimum Gasteiger partial charge on any atom is -0.497 e. The summed E-state index contributed by atoms with van der Waals surface area (Å²) in [7, 11) is 3.40. The van der Waals surface area contributed by atoms with E-state index in [1.807, 2.05) is 12.1 Å². The van der Waals surface area contributed by atoms with Gasteiger partial charge in [-0.3, -0.25) is 4.98 Å². The maximum absolute atomic E-state index is 5.35. The molecular formula is C18H26N2O2. The average molecular weight is 302 g/mol. The lowest BCUT2D eigenvalue weighted by atomic mass is 9.90. The molecular weight excluding hydrogens is 276 g/mol. The van der Waals surface area contributed by atoms with Crippen molar-refractivity contribution >= 4 is 10.9 Å². The average Bonchev–Trinajstić information content (AvgIpc) is 2.49. The van der Waals surface area contributed by atoms with Gasteiger partial charge in [0.1, 0.15) is 5.75 Å². The van der Waals surface area contributed by atoms with Crippen molar-refractivity contribution in [2.45, 2.75) is 32.7 Å². The maximum atomic E-state index is 5.35. The van der Waals surface area contributed by atoms with E-state index in [-0.39, 0.29) is 5.41 Å². The normalized spacial score (nSPS) is 11.9. The number of rotatable bonds is 6. The Bertz CT molecular complexity index is 633. The Morgan fingerprint density at radius 2 is 1.91 bits per heavy atom. The number of benzene rings is 1. The van der Waals surface area contributed by atoms with Crippen LogP contribution in [-0.2, 0) is 16.7 Å². The molecule has 4 heteroatoms. The van der Waals surface area contributed by atoms with E-state index in [1.165, 1.54) is 5.56 Å². The Labute approximate surface area is 132 Å². The molecule has 2 rings (SSSR count). The summed E-state index contributed by atoms with van der Waals surface area (Å²) in [6.45, 7) is 8.89. The first-order valence-electron chi connectivity index (χ1n) is 7.63. The smallest absolute Gasteiger partial charge is 0.119 e. The molecule has 0 saturated carbocycles. The number of ether oxygens (including phenoxy) is 2. The zero-order valence-corrected chi connectivity index (χ0v) is 14.2. The predicted octanol–water partition coefficient (Wildman–Crippen LogP) is 3.28. The third-order valence-electron chi connectivity index (χ3n) is 3.67. The predicted molar refractivity (Wildman–Crippen MR) is 90.6 cm³/mol. The number of nitrogens with zero attached hydrogens (tertiary/aromatic N) is 1. The fourth-order valence-corrected chi connectivity index (χ4v) is 2.33. The monoisotopic (exact) mass is 302 g/mol. The second kappa shape index (κ2) is 7.07. The van der Waals surface area contributed by atoms with Crippen LogP contribution in [0, 0.1) is 0 Å². The van der Waals surface area contributed by atoms with Gasteiger partial charge in [-0.1, -0.05) is 20.8 Å². The van der Waals surface area contributed by atoms with Crippen LogP contribution in [0.25, 0.3) is 10.9 Å². The highest BCUT2D eigenvalue weighted by atomic mass is 16.5. The first-order chi connectivity index (χ1) is 10.5. The van der Waals surface area contributed by atoms with Crippen molar-refractivity contribution in [3.8, 4) is 5.75 Å². The molecule has 0 aliphatic rings. The summed E-state index contributed by atoms with van der Waals surface area (Å²) >= 11 is 0. The summed E-state index contributed by atoms with van der Waals surface area (Å²) < 4.78 is 10.4. The van der Waals surface area contributed by atoms with E-state index in [9.17, 15) is 0 Å². The largest absolute Gasteiger partial charge is 0.497 e. The quantitative estimate of drug-likeness (QED) is 0.832. The minimum atomic E-state index is 0.0232. The van der Waals surface area contributed by atoms with Crippen LogP contribution < -0.4 is 10.1 Å². The third kappa shape index (κ3) is 3.96. The van der Waals surface area contributed by atoms with Crippen molar-refractivity contribution in [2.24, 2.45) is 0 Å². The molecule has 0 radical (unpaired) electrons. The van der Waals surface area contributed by atoms with Crippen molar-refractivity contribution in [3.05, 3.63) is 35.5 Å². The molecule has 0 atom stereocenters. The van der Waals surface area contributed by atoms with E-state index in [0.717, 1.165) is 35.4 Å². The van der Waals surface area contributed by atoms with Crippen LogP contribution in [0.4, 0.5) is 0 Å². The molecule has 120 valence electrons. The first kappa shape index (κ1) is 16.7. The van der Waals surface area contributed by atoms with Crippen LogP contribution in [0.2, 0.25) is 0 Å². The number of methoxy groups -OCH3 is 2. The number of aromatic nitrogens is 1. The Balaban J connectivity index is 2.42. The van der Waals surface area contributed by atoms with E-state index < -0.39 is 0 Å². The molecule has 0 fully saturated rings. The summed E-state index contributed by atoms with van der Waals surface area (Å²) in [4.78, 5) is 4.82. The number of hydrogen-bond donors (Lipinski definition) is 1. The van der Waals surface area contributed by atoms with Crippen molar-refractivity contribution in [2.75, 3.05) is 27.4 Å². The van der Waals surface area contributed by atoms with Crippen LogP contribution in [0.1, 0.15) is 32.0 Å². The maximum Gasteiger partial charge on any atom is 0.119 e. The van der Waals surface area contributed by atoms with Crippen LogP contribution >= 0.6 is 0 Å². The lowest BCUT2D eigenvalue weighted by molar-refractivity contribution is 0.199. The molecule has 0 saturated heterocycles. The zero-order valence-electron chi connectivity index (χ0n) is 14.2. The lowest BCUT2D eigenvalue weighted by Gasteiger charge is -2.20. The van der Waals surface area contributed by atoms with Crippen LogP contribution in [0.5, 0.6) is 5.75 Å². The standard InChI is InChI=1S/C18H26N2O2/c1-18(2,3)17-10-13(12-19-8-9-21-4)15-11-14(22-5)6-7-16(15)20-17/h6-7,10-11,19H,8-9,12H2,1-5H3. The molecule has 0 aliphatic carbocycles. The van der Waals surface area contributed by atoms with Crippen LogP contribution in [0.15, 0.2) is 24.3 Å². The topological polar surface area (TPSA) is 43.4 Å². The minimum absolute atomic E-state index is 0.0232. The summed E-state index contributed by atoms with van der Waals surface area (Å²) in [5, 5.41) is 4.55. The van der Waals surface area contributed by atoms with Crippen LogP contribution in [0.3, 0.4) is 0 Å². The Kier molecular flexibility index (Phi) is 5.37. The summed E-state index contributed by atoms with van der Waals surface area (Å²) in [5.74, 6) is 0.857. The third-order valence-corrected chi connectivity index (χ3v) is 3.67. The van der Waals surface area contributed by atoms with Crippen molar-refractivity contribution in [3.63, 3.8) is 0 Å². The van der Waals surface area contributed by atoms with Gasteiger partial charge in [-0.25, -0.2) is 0 Å². The van der Waals surface area contributed by atoms with Gasteiger partial charge in [-0.15, -0.1) is 0 Å². The SMILES string of the molecule is COCCNCc1cc(C(C)(C)C)nc2ccc(OC)cc12. The number of hydrogen-bond acceptors (Lipinski definition) is 4. The second-order valence-electron chi connectivity index (χ2n) is 6.47. The van der Waals surface area contributed by atoms with Crippen molar-refractivity contribution in [1.29, 1.82) is 0 Å². The Morgan fingerprint density at radius 1 is 1.14 bits per heavy atom. The molecule has 1 heterocycles. The Hall–Kier alpha value is -1.65. The highest BCUT2D eigenvalue weighted by Gasteiger charge is 2.18. The fraction of sp³-hybridized carbons (Fsp3) is 0.500. The van der Waals surface area contributed by atoms with Gasteiger partial charge in [-0.05, 0) is 29.8 Å². The number of fused-ring (bicyclic) bond motifs is 1. The molecule has 0 amide bonds. The van der Waals surface area contributed by atoms with Gasteiger partial charge in [0.15, 0.2) is 0 Å². The molecule has 1 N–H and O–H groups in total.